The third-order valence-electron chi connectivity index (χ3n) is 3.08. The van der Waals surface area contributed by atoms with Crippen molar-refractivity contribution in [2.75, 3.05) is 20.1 Å². The molecule has 0 aromatic heterocycles. The van der Waals surface area contributed by atoms with E-state index < -0.39 is 12.0 Å². The van der Waals surface area contributed by atoms with Gasteiger partial charge in [-0.15, -0.1) is 0 Å². The molecule has 0 rings (SSSR count). The Labute approximate surface area is 105 Å². The zero-order chi connectivity index (χ0) is 13.4. The van der Waals surface area contributed by atoms with Crippen LogP contribution in [0.2, 0.25) is 0 Å². The maximum Gasteiger partial charge on any atom is 0.320 e. The molecule has 0 heterocycles. The molecule has 0 aliphatic heterocycles. The lowest BCUT2D eigenvalue weighted by atomic mass is 10.0. The molecule has 0 saturated carbocycles. The highest BCUT2D eigenvalue weighted by Crippen LogP contribution is 2.10. The molecule has 0 saturated heterocycles. The summed E-state index contributed by atoms with van der Waals surface area (Å²) in [7, 11) is 2.07. The molecule has 102 valence electrons. The first kappa shape index (κ1) is 16.4. The molecule has 4 heteroatoms. The van der Waals surface area contributed by atoms with Crippen LogP contribution in [-0.2, 0) is 4.79 Å². The Hall–Kier alpha value is -0.610. The molecule has 0 aliphatic rings. The van der Waals surface area contributed by atoms with E-state index in [1.54, 1.807) is 0 Å². The second-order valence-corrected chi connectivity index (χ2v) is 5.20. The van der Waals surface area contributed by atoms with Gasteiger partial charge in [0, 0.05) is 12.6 Å². The minimum atomic E-state index is -0.753. The number of carbonyl (C=O) groups is 1. The van der Waals surface area contributed by atoms with Crippen LogP contribution in [0.4, 0.5) is 0 Å². The summed E-state index contributed by atoms with van der Waals surface area (Å²) in [5.74, 6) is -0.0757. The SMILES string of the molecule is CCNC(CCN(C)C(C)CC(C)C)C(=O)O. The molecule has 0 aliphatic carbocycles. The summed E-state index contributed by atoms with van der Waals surface area (Å²) in [5, 5.41) is 12.0. The molecule has 0 spiro atoms. The van der Waals surface area contributed by atoms with Gasteiger partial charge in [-0.25, -0.2) is 0 Å². The van der Waals surface area contributed by atoms with Gasteiger partial charge in [-0.05, 0) is 39.3 Å². The molecule has 0 radical (unpaired) electrons. The van der Waals surface area contributed by atoms with Crippen molar-refractivity contribution in [2.45, 2.75) is 52.6 Å². The van der Waals surface area contributed by atoms with Gasteiger partial charge < -0.3 is 15.3 Å². The van der Waals surface area contributed by atoms with E-state index in [-0.39, 0.29) is 0 Å². The molecular formula is C13H28N2O2. The predicted octanol–water partition coefficient (Wildman–Crippen LogP) is 1.81. The lowest BCUT2D eigenvalue weighted by Gasteiger charge is -2.27. The van der Waals surface area contributed by atoms with Crippen LogP contribution in [0.25, 0.3) is 0 Å². The number of carboxylic acids is 1. The molecule has 0 fully saturated rings. The van der Waals surface area contributed by atoms with Gasteiger partial charge in [0.05, 0.1) is 0 Å². The second kappa shape index (κ2) is 8.48. The van der Waals surface area contributed by atoms with Gasteiger partial charge in [0.1, 0.15) is 6.04 Å². The molecule has 4 nitrogen and oxygen atoms in total. The van der Waals surface area contributed by atoms with Gasteiger partial charge in [0.15, 0.2) is 0 Å². The lowest BCUT2D eigenvalue weighted by Crippen LogP contribution is -2.41. The van der Waals surface area contributed by atoms with Crippen molar-refractivity contribution in [3.8, 4) is 0 Å². The van der Waals surface area contributed by atoms with Crippen molar-refractivity contribution in [1.82, 2.24) is 10.2 Å². The summed E-state index contributed by atoms with van der Waals surface area (Å²) in [6.07, 6.45) is 1.80. The zero-order valence-corrected chi connectivity index (χ0v) is 11.9. The van der Waals surface area contributed by atoms with E-state index in [0.29, 0.717) is 24.9 Å². The summed E-state index contributed by atoms with van der Waals surface area (Å²) in [6, 6.07) is 0.0831. The summed E-state index contributed by atoms with van der Waals surface area (Å²) >= 11 is 0. The Balaban J connectivity index is 4.02. The summed E-state index contributed by atoms with van der Waals surface area (Å²) in [5.41, 5.74) is 0. The van der Waals surface area contributed by atoms with E-state index >= 15 is 0 Å². The van der Waals surface area contributed by atoms with Crippen LogP contribution in [-0.4, -0.2) is 48.2 Å². The summed E-state index contributed by atoms with van der Waals surface area (Å²) in [4.78, 5) is 13.2. The number of likely N-dealkylation sites (N-methyl/N-ethyl adjacent to an activating group) is 1. The first-order valence-electron chi connectivity index (χ1n) is 6.54. The molecule has 17 heavy (non-hydrogen) atoms. The standard InChI is InChI=1S/C13H28N2O2/c1-6-14-12(13(16)17)7-8-15(5)11(4)9-10(2)3/h10-12,14H,6-9H2,1-5H3,(H,16,17). The predicted molar refractivity (Wildman–Crippen MR) is 71.3 cm³/mol. The molecule has 0 aromatic carbocycles. The zero-order valence-electron chi connectivity index (χ0n) is 11.9. The molecule has 0 aromatic rings. The number of aliphatic carboxylic acids is 1. The smallest absolute Gasteiger partial charge is 0.320 e. The van der Waals surface area contributed by atoms with Crippen LogP contribution in [0.1, 0.15) is 40.5 Å². The Kier molecular flexibility index (Phi) is 8.17. The number of hydrogen-bond acceptors (Lipinski definition) is 3. The molecule has 0 amide bonds. The topological polar surface area (TPSA) is 52.6 Å². The number of hydrogen-bond donors (Lipinski definition) is 2. The first-order chi connectivity index (χ1) is 7.88. The van der Waals surface area contributed by atoms with Crippen molar-refractivity contribution < 1.29 is 9.90 Å². The number of nitrogens with one attached hydrogen (secondary N) is 1. The van der Waals surface area contributed by atoms with Gasteiger partial charge in [0.25, 0.3) is 0 Å². The highest BCUT2D eigenvalue weighted by Gasteiger charge is 2.18. The fourth-order valence-corrected chi connectivity index (χ4v) is 1.97. The van der Waals surface area contributed by atoms with Crippen molar-refractivity contribution in [1.29, 1.82) is 0 Å². The average molecular weight is 244 g/mol. The fraction of sp³-hybridized carbons (Fsp3) is 0.923. The molecular weight excluding hydrogens is 216 g/mol. The van der Waals surface area contributed by atoms with Gasteiger partial charge in [0.2, 0.25) is 0 Å². The average Bonchev–Trinajstić information content (AvgIpc) is 2.22. The van der Waals surface area contributed by atoms with Gasteiger partial charge in [-0.3, -0.25) is 4.79 Å². The molecule has 2 N–H and O–H groups in total. The van der Waals surface area contributed by atoms with Crippen LogP contribution in [0, 0.1) is 5.92 Å². The second-order valence-electron chi connectivity index (χ2n) is 5.20. The molecule has 2 atom stereocenters. The number of nitrogens with zero attached hydrogens (tertiary/aromatic N) is 1. The van der Waals surface area contributed by atoms with Crippen molar-refractivity contribution in [2.24, 2.45) is 5.92 Å². The first-order valence-corrected chi connectivity index (χ1v) is 6.54. The van der Waals surface area contributed by atoms with Crippen LogP contribution < -0.4 is 5.32 Å². The van der Waals surface area contributed by atoms with E-state index in [2.05, 4.69) is 38.0 Å². The van der Waals surface area contributed by atoms with Crippen LogP contribution in [0.3, 0.4) is 0 Å². The molecule has 0 bridgehead atoms. The Bertz CT molecular complexity index is 219. The maximum atomic E-state index is 11.0. The summed E-state index contributed by atoms with van der Waals surface area (Å²) < 4.78 is 0. The minimum Gasteiger partial charge on any atom is -0.480 e. The van der Waals surface area contributed by atoms with Crippen LogP contribution >= 0.6 is 0 Å². The maximum absolute atomic E-state index is 11.0. The number of rotatable bonds is 9. The van der Waals surface area contributed by atoms with E-state index in [1.807, 2.05) is 6.92 Å². The normalized spacial score (nSPS) is 15.2. The van der Waals surface area contributed by atoms with E-state index in [0.717, 1.165) is 13.0 Å². The highest BCUT2D eigenvalue weighted by molar-refractivity contribution is 5.73. The van der Waals surface area contributed by atoms with Crippen molar-refractivity contribution in [3.63, 3.8) is 0 Å². The summed E-state index contributed by atoms with van der Waals surface area (Å²) in [6.45, 7) is 10.1. The third kappa shape index (κ3) is 7.34. The Morgan fingerprint density at radius 1 is 1.35 bits per heavy atom. The van der Waals surface area contributed by atoms with Crippen molar-refractivity contribution >= 4 is 5.97 Å². The fourth-order valence-electron chi connectivity index (χ4n) is 1.97. The quantitative estimate of drug-likeness (QED) is 0.649. The monoisotopic (exact) mass is 244 g/mol. The van der Waals surface area contributed by atoms with Crippen LogP contribution in [0.5, 0.6) is 0 Å². The van der Waals surface area contributed by atoms with E-state index in [4.69, 9.17) is 5.11 Å². The molecule has 2 unspecified atom stereocenters. The largest absolute Gasteiger partial charge is 0.480 e. The minimum absolute atomic E-state index is 0.423. The van der Waals surface area contributed by atoms with E-state index in [9.17, 15) is 4.79 Å². The van der Waals surface area contributed by atoms with Crippen molar-refractivity contribution in [3.05, 3.63) is 0 Å². The Morgan fingerprint density at radius 3 is 2.35 bits per heavy atom. The van der Waals surface area contributed by atoms with E-state index in [1.165, 1.54) is 0 Å². The Morgan fingerprint density at radius 2 is 1.94 bits per heavy atom. The van der Waals surface area contributed by atoms with Gasteiger partial charge in [-0.2, -0.15) is 0 Å². The van der Waals surface area contributed by atoms with Gasteiger partial charge in [-0.1, -0.05) is 20.8 Å². The highest BCUT2D eigenvalue weighted by atomic mass is 16.4. The van der Waals surface area contributed by atoms with Crippen LogP contribution in [0.15, 0.2) is 0 Å². The van der Waals surface area contributed by atoms with Gasteiger partial charge >= 0.3 is 5.97 Å². The number of carboxylic acid groups (broad SMARTS) is 1. The third-order valence-corrected chi connectivity index (χ3v) is 3.08. The lowest BCUT2D eigenvalue weighted by molar-refractivity contribution is -0.139.